The number of benzene rings is 1. The number of carbonyl (C=O) groups is 1. The number of aliphatic hydroxyl groups excluding tert-OH is 1. The lowest BCUT2D eigenvalue weighted by Crippen LogP contribution is -2.41. The predicted octanol–water partition coefficient (Wildman–Crippen LogP) is 2.64. The number of aliphatic hydroxyl groups is 1. The van der Waals surface area contributed by atoms with Crippen molar-refractivity contribution in [3.8, 4) is 0 Å². The zero-order valence-corrected chi connectivity index (χ0v) is 11.3. The quantitative estimate of drug-likeness (QED) is 0.892. The van der Waals surface area contributed by atoms with Crippen molar-refractivity contribution in [2.75, 3.05) is 13.2 Å². The zero-order chi connectivity index (χ0) is 14.6. The molecule has 0 atom stereocenters. The molecular formula is C15H19F2NO2. The van der Waals surface area contributed by atoms with E-state index >= 15 is 0 Å². The van der Waals surface area contributed by atoms with Gasteiger partial charge in [-0.1, -0.05) is 19.3 Å². The standard InChI is InChI=1S/C15H19F2NO2/c16-11-4-5-13(17)12(8-11)14(20)18-9-15(10-19)6-2-1-3-7-15/h4-5,8,19H,1-3,6-7,9-10H2,(H,18,20). The molecule has 0 aromatic heterocycles. The summed E-state index contributed by atoms with van der Waals surface area (Å²) >= 11 is 0. The van der Waals surface area contributed by atoms with E-state index in [0.29, 0.717) is 0 Å². The topological polar surface area (TPSA) is 49.3 Å². The zero-order valence-electron chi connectivity index (χ0n) is 11.3. The van der Waals surface area contributed by atoms with E-state index in [4.69, 9.17) is 0 Å². The number of rotatable bonds is 4. The highest BCUT2D eigenvalue weighted by Crippen LogP contribution is 2.35. The summed E-state index contributed by atoms with van der Waals surface area (Å²) in [6.45, 7) is 0.289. The van der Waals surface area contributed by atoms with Crippen molar-refractivity contribution >= 4 is 5.91 Å². The van der Waals surface area contributed by atoms with Crippen molar-refractivity contribution in [3.63, 3.8) is 0 Å². The van der Waals surface area contributed by atoms with Crippen molar-refractivity contribution < 1.29 is 18.7 Å². The maximum absolute atomic E-state index is 13.5. The minimum atomic E-state index is -0.745. The van der Waals surface area contributed by atoms with Gasteiger partial charge in [-0.2, -0.15) is 0 Å². The number of hydrogen-bond donors (Lipinski definition) is 2. The van der Waals surface area contributed by atoms with E-state index in [1.54, 1.807) is 0 Å². The number of amides is 1. The average Bonchev–Trinajstić information content (AvgIpc) is 2.48. The lowest BCUT2D eigenvalue weighted by Gasteiger charge is -2.35. The molecule has 2 rings (SSSR count). The average molecular weight is 283 g/mol. The molecule has 1 aliphatic rings. The molecule has 5 heteroatoms. The van der Waals surface area contributed by atoms with E-state index in [-0.39, 0.29) is 24.1 Å². The van der Waals surface area contributed by atoms with Gasteiger partial charge in [0.25, 0.3) is 5.91 Å². The van der Waals surface area contributed by atoms with Gasteiger partial charge in [-0.15, -0.1) is 0 Å². The number of nitrogens with one attached hydrogen (secondary N) is 1. The first-order valence-electron chi connectivity index (χ1n) is 6.90. The Labute approximate surface area is 117 Å². The molecule has 0 radical (unpaired) electrons. The Kier molecular flexibility index (Phi) is 4.70. The van der Waals surface area contributed by atoms with Crippen LogP contribution in [0.3, 0.4) is 0 Å². The molecule has 0 unspecified atom stereocenters. The van der Waals surface area contributed by atoms with Gasteiger partial charge >= 0.3 is 0 Å². The highest BCUT2D eigenvalue weighted by molar-refractivity contribution is 5.94. The predicted molar refractivity (Wildman–Crippen MR) is 71.3 cm³/mol. The smallest absolute Gasteiger partial charge is 0.254 e. The SMILES string of the molecule is O=C(NCC1(CO)CCCCC1)c1cc(F)ccc1F. The molecule has 2 N–H and O–H groups in total. The molecule has 0 bridgehead atoms. The van der Waals surface area contributed by atoms with Crippen molar-refractivity contribution in [2.24, 2.45) is 5.41 Å². The summed E-state index contributed by atoms with van der Waals surface area (Å²) in [5.74, 6) is -2.03. The molecule has 1 aliphatic carbocycles. The highest BCUT2D eigenvalue weighted by atomic mass is 19.1. The molecule has 3 nitrogen and oxygen atoms in total. The summed E-state index contributed by atoms with van der Waals surface area (Å²) in [7, 11) is 0. The van der Waals surface area contributed by atoms with Gasteiger partial charge in [0.2, 0.25) is 0 Å². The van der Waals surface area contributed by atoms with Gasteiger partial charge < -0.3 is 10.4 Å². The maximum Gasteiger partial charge on any atom is 0.254 e. The third-order valence-corrected chi connectivity index (χ3v) is 4.05. The Bertz CT molecular complexity index is 485. The van der Waals surface area contributed by atoms with Crippen LogP contribution in [0, 0.1) is 17.0 Å². The Morgan fingerprint density at radius 1 is 1.25 bits per heavy atom. The molecule has 110 valence electrons. The molecule has 1 aromatic rings. The van der Waals surface area contributed by atoms with E-state index in [9.17, 15) is 18.7 Å². The van der Waals surface area contributed by atoms with E-state index in [2.05, 4.69) is 5.32 Å². The largest absolute Gasteiger partial charge is 0.396 e. The van der Waals surface area contributed by atoms with Crippen LogP contribution >= 0.6 is 0 Å². The number of halogens is 2. The molecule has 0 heterocycles. The van der Waals surface area contributed by atoms with E-state index < -0.39 is 17.5 Å². The van der Waals surface area contributed by atoms with Gasteiger partial charge in [-0.3, -0.25) is 4.79 Å². The fraction of sp³-hybridized carbons (Fsp3) is 0.533. The highest BCUT2D eigenvalue weighted by Gasteiger charge is 2.32. The van der Waals surface area contributed by atoms with Gasteiger partial charge in [-0.05, 0) is 31.0 Å². The van der Waals surface area contributed by atoms with Gasteiger partial charge in [0.05, 0.1) is 12.2 Å². The second kappa shape index (κ2) is 6.31. The minimum Gasteiger partial charge on any atom is -0.396 e. The van der Waals surface area contributed by atoms with Crippen molar-refractivity contribution in [2.45, 2.75) is 32.1 Å². The molecule has 1 aromatic carbocycles. The molecular weight excluding hydrogens is 264 g/mol. The molecule has 0 spiro atoms. The molecule has 0 saturated heterocycles. The molecule has 1 saturated carbocycles. The van der Waals surface area contributed by atoms with Crippen molar-refractivity contribution in [3.05, 3.63) is 35.4 Å². The van der Waals surface area contributed by atoms with Crippen LogP contribution in [-0.4, -0.2) is 24.2 Å². The van der Waals surface area contributed by atoms with Crippen LogP contribution in [0.2, 0.25) is 0 Å². The summed E-state index contributed by atoms with van der Waals surface area (Å²) in [6, 6.07) is 2.80. The first kappa shape index (κ1) is 14.9. The third-order valence-electron chi connectivity index (χ3n) is 4.05. The minimum absolute atomic E-state index is 0.00108. The maximum atomic E-state index is 13.5. The first-order chi connectivity index (χ1) is 9.56. The third kappa shape index (κ3) is 3.33. The van der Waals surface area contributed by atoms with E-state index in [1.165, 1.54) is 0 Å². The molecule has 0 aliphatic heterocycles. The van der Waals surface area contributed by atoms with Crippen molar-refractivity contribution in [1.82, 2.24) is 5.32 Å². The van der Waals surface area contributed by atoms with Gasteiger partial charge in [0, 0.05) is 12.0 Å². The van der Waals surface area contributed by atoms with Crippen LogP contribution in [0.5, 0.6) is 0 Å². The lowest BCUT2D eigenvalue weighted by molar-refractivity contribution is 0.0716. The first-order valence-corrected chi connectivity index (χ1v) is 6.90. The van der Waals surface area contributed by atoms with Crippen LogP contribution in [-0.2, 0) is 0 Å². The monoisotopic (exact) mass is 283 g/mol. The van der Waals surface area contributed by atoms with Gasteiger partial charge in [-0.25, -0.2) is 8.78 Å². The summed E-state index contributed by atoms with van der Waals surface area (Å²) in [6.07, 6.45) is 4.86. The summed E-state index contributed by atoms with van der Waals surface area (Å²) in [4.78, 5) is 11.9. The van der Waals surface area contributed by atoms with Crippen LogP contribution < -0.4 is 5.32 Å². The number of carbonyl (C=O) groups excluding carboxylic acids is 1. The fourth-order valence-corrected chi connectivity index (χ4v) is 2.73. The fourth-order valence-electron chi connectivity index (χ4n) is 2.73. The normalized spacial score (nSPS) is 17.8. The lowest BCUT2D eigenvalue weighted by atomic mass is 9.74. The molecule has 1 amide bonds. The summed E-state index contributed by atoms with van der Waals surface area (Å²) < 4.78 is 26.5. The summed E-state index contributed by atoms with van der Waals surface area (Å²) in [5.41, 5.74) is -0.619. The molecule has 20 heavy (non-hydrogen) atoms. The Morgan fingerprint density at radius 2 is 1.95 bits per heavy atom. The van der Waals surface area contributed by atoms with Crippen LogP contribution in [0.1, 0.15) is 42.5 Å². The summed E-state index contributed by atoms with van der Waals surface area (Å²) in [5, 5.41) is 12.2. The second-order valence-electron chi connectivity index (χ2n) is 5.53. The second-order valence-corrected chi connectivity index (χ2v) is 5.53. The van der Waals surface area contributed by atoms with Crippen LogP contribution in [0.4, 0.5) is 8.78 Å². The van der Waals surface area contributed by atoms with E-state index in [0.717, 1.165) is 50.3 Å². The molecule has 1 fully saturated rings. The van der Waals surface area contributed by atoms with Crippen LogP contribution in [0.25, 0.3) is 0 Å². The van der Waals surface area contributed by atoms with Crippen LogP contribution in [0.15, 0.2) is 18.2 Å². The Morgan fingerprint density at radius 3 is 2.60 bits per heavy atom. The van der Waals surface area contributed by atoms with E-state index in [1.807, 2.05) is 0 Å². The van der Waals surface area contributed by atoms with Crippen molar-refractivity contribution in [1.29, 1.82) is 0 Å². The van der Waals surface area contributed by atoms with Gasteiger partial charge in [0.1, 0.15) is 11.6 Å². The Balaban J connectivity index is 2.02. The number of hydrogen-bond acceptors (Lipinski definition) is 2. The Hall–Kier alpha value is -1.49. The van der Waals surface area contributed by atoms with Gasteiger partial charge in [0.15, 0.2) is 0 Å².